The van der Waals surface area contributed by atoms with Crippen LogP contribution in [0.4, 0.5) is 11.4 Å². The van der Waals surface area contributed by atoms with Crippen LogP contribution in [0.5, 0.6) is 11.5 Å². The van der Waals surface area contributed by atoms with Crippen molar-refractivity contribution in [1.82, 2.24) is 0 Å². The molecule has 0 bridgehead atoms. The molecule has 0 saturated carbocycles. The third-order valence-electron chi connectivity index (χ3n) is 3.15. The zero-order chi connectivity index (χ0) is 15.6. The lowest BCUT2D eigenvalue weighted by Crippen LogP contribution is -2.08. The minimum Gasteiger partial charge on any atom is -0.508 e. The van der Waals surface area contributed by atoms with Gasteiger partial charge in [-0.25, -0.2) is 0 Å². The Labute approximate surface area is 121 Å². The minimum atomic E-state index is -0.442. The van der Waals surface area contributed by atoms with Crippen LogP contribution in [0.3, 0.4) is 0 Å². The molecule has 0 saturated heterocycles. The molecule has 0 aliphatic rings. The van der Waals surface area contributed by atoms with Crippen molar-refractivity contribution in [2.45, 2.75) is 19.9 Å². The molecule has 21 heavy (non-hydrogen) atoms. The van der Waals surface area contributed by atoms with E-state index in [1.54, 1.807) is 26.0 Å². The molecule has 0 fully saturated rings. The lowest BCUT2D eigenvalue weighted by atomic mass is 10.1. The average Bonchev–Trinajstić information content (AvgIpc) is 2.39. The largest absolute Gasteiger partial charge is 0.508 e. The maximum Gasteiger partial charge on any atom is 0.292 e. The number of rotatable bonds is 4. The summed E-state index contributed by atoms with van der Waals surface area (Å²) in [5, 5.41) is 33.1. The van der Waals surface area contributed by atoms with Crippen molar-refractivity contribution < 1.29 is 15.1 Å². The van der Waals surface area contributed by atoms with Crippen LogP contribution in [0.2, 0.25) is 0 Å². The van der Waals surface area contributed by atoms with Crippen LogP contribution in [0.25, 0.3) is 0 Å². The number of hydrogen-bond acceptors (Lipinski definition) is 5. The fourth-order valence-electron chi connectivity index (χ4n) is 2.10. The van der Waals surface area contributed by atoms with Crippen LogP contribution >= 0.6 is 0 Å². The molecule has 2 aromatic carbocycles. The summed E-state index contributed by atoms with van der Waals surface area (Å²) in [6.45, 7) is 3.57. The highest BCUT2D eigenvalue weighted by Gasteiger charge is 2.16. The molecule has 1 unspecified atom stereocenters. The van der Waals surface area contributed by atoms with E-state index in [4.69, 9.17) is 0 Å². The fourth-order valence-corrected chi connectivity index (χ4v) is 2.10. The van der Waals surface area contributed by atoms with Crippen LogP contribution < -0.4 is 5.32 Å². The standard InChI is InChI=1S/C15H16N2O4/c1-9-3-4-14(15(5-9)17(20)21)16-10(2)11-6-12(18)8-13(19)7-11/h3-8,10,16,18-19H,1-2H3. The van der Waals surface area contributed by atoms with E-state index in [0.29, 0.717) is 11.3 Å². The third-order valence-corrected chi connectivity index (χ3v) is 3.15. The van der Waals surface area contributed by atoms with Crippen molar-refractivity contribution in [2.75, 3.05) is 5.32 Å². The first kappa shape index (κ1) is 14.6. The van der Waals surface area contributed by atoms with Crippen molar-refractivity contribution >= 4 is 11.4 Å². The van der Waals surface area contributed by atoms with Crippen molar-refractivity contribution in [1.29, 1.82) is 0 Å². The van der Waals surface area contributed by atoms with Gasteiger partial charge >= 0.3 is 0 Å². The van der Waals surface area contributed by atoms with Gasteiger partial charge in [0.05, 0.1) is 4.92 Å². The number of benzene rings is 2. The predicted molar refractivity (Wildman–Crippen MR) is 79.6 cm³/mol. The Bertz CT molecular complexity index is 665. The molecule has 0 spiro atoms. The zero-order valence-electron chi connectivity index (χ0n) is 11.7. The number of nitrogens with one attached hydrogen (secondary N) is 1. The van der Waals surface area contributed by atoms with Gasteiger partial charge in [-0.2, -0.15) is 0 Å². The molecule has 3 N–H and O–H groups in total. The maximum absolute atomic E-state index is 11.1. The fraction of sp³-hybridized carbons (Fsp3) is 0.200. The second-order valence-electron chi connectivity index (χ2n) is 4.93. The number of phenolic OH excluding ortho intramolecular Hbond substituents is 2. The number of anilines is 1. The number of nitro groups is 1. The molecule has 2 rings (SSSR count). The summed E-state index contributed by atoms with van der Waals surface area (Å²) in [6.07, 6.45) is 0. The van der Waals surface area contributed by atoms with E-state index < -0.39 is 4.92 Å². The summed E-state index contributed by atoms with van der Waals surface area (Å²) in [5.41, 5.74) is 1.81. The molecule has 110 valence electrons. The van der Waals surface area contributed by atoms with E-state index in [1.807, 2.05) is 0 Å². The van der Waals surface area contributed by atoms with Crippen LogP contribution in [0.1, 0.15) is 24.1 Å². The molecule has 6 nitrogen and oxygen atoms in total. The number of aromatic hydroxyl groups is 2. The molecule has 0 amide bonds. The van der Waals surface area contributed by atoms with E-state index in [-0.39, 0.29) is 23.2 Å². The van der Waals surface area contributed by atoms with E-state index in [0.717, 1.165) is 5.56 Å². The summed E-state index contributed by atoms with van der Waals surface area (Å²) in [6, 6.07) is 8.83. The summed E-state index contributed by atoms with van der Waals surface area (Å²) in [5.74, 6) is -0.117. The van der Waals surface area contributed by atoms with Crippen molar-refractivity contribution in [2.24, 2.45) is 0 Å². The molecule has 0 aromatic heterocycles. The van der Waals surface area contributed by atoms with E-state index in [9.17, 15) is 20.3 Å². The third kappa shape index (κ3) is 3.42. The summed E-state index contributed by atoms with van der Waals surface area (Å²) in [7, 11) is 0. The Hall–Kier alpha value is -2.76. The Morgan fingerprint density at radius 3 is 2.33 bits per heavy atom. The van der Waals surface area contributed by atoms with E-state index >= 15 is 0 Å². The number of aryl methyl sites for hydroxylation is 1. The SMILES string of the molecule is Cc1ccc(NC(C)c2cc(O)cc(O)c2)c([N+](=O)[O-])c1. The van der Waals surface area contributed by atoms with E-state index in [2.05, 4.69) is 5.32 Å². The molecule has 0 aliphatic carbocycles. The Balaban J connectivity index is 2.31. The summed E-state index contributed by atoms with van der Waals surface area (Å²) < 4.78 is 0. The minimum absolute atomic E-state index is 0.00812. The second kappa shape index (κ2) is 5.70. The number of hydrogen-bond donors (Lipinski definition) is 3. The summed E-state index contributed by atoms with van der Waals surface area (Å²) >= 11 is 0. The van der Waals surface area contributed by atoms with Gasteiger partial charge in [-0.1, -0.05) is 6.07 Å². The highest BCUT2D eigenvalue weighted by atomic mass is 16.6. The predicted octanol–water partition coefficient (Wildman–Crippen LogP) is 3.49. The quantitative estimate of drug-likeness (QED) is 0.591. The zero-order valence-corrected chi connectivity index (χ0v) is 11.7. The Morgan fingerprint density at radius 2 is 1.76 bits per heavy atom. The molecule has 6 heteroatoms. The number of nitro benzene ring substituents is 1. The number of phenols is 2. The van der Waals surface area contributed by atoms with Gasteiger partial charge in [0.15, 0.2) is 0 Å². The van der Waals surface area contributed by atoms with Crippen molar-refractivity contribution in [3.63, 3.8) is 0 Å². The van der Waals surface area contributed by atoms with Gasteiger partial charge in [0.25, 0.3) is 5.69 Å². The van der Waals surface area contributed by atoms with Crippen molar-refractivity contribution in [3.05, 3.63) is 57.6 Å². The normalized spacial score (nSPS) is 11.9. The Morgan fingerprint density at radius 1 is 1.14 bits per heavy atom. The second-order valence-corrected chi connectivity index (χ2v) is 4.93. The van der Waals surface area contributed by atoms with Gasteiger partial charge in [0.1, 0.15) is 17.2 Å². The van der Waals surface area contributed by atoms with Crippen molar-refractivity contribution in [3.8, 4) is 11.5 Å². The van der Waals surface area contributed by atoms with Gasteiger partial charge in [0, 0.05) is 18.2 Å². The van der Waals surface area contributed by atoms with Crippen LogP contribution in [0, 0.1) is 17.0 Å². The highest BCUT2D eigenvalue weighted by molar-refractivity contribution is 5.63. The smallest absolute Gasteiger partial charge is 0.292 e. The van der Waals surface area contributed by atoms with Gasteiger partial charge in [-0.15, -0.1) is 0 Å². The van der Waals surface area contributed by atoms with Crippen LogP contribution in [0.15, 0.2) is 36.4 Å². The average molecular weight is 288 g/mol. The number of nitrogens with zero attached hydrogens (tertiary/aromatic N) is 1. The van der Waals surface area contributed by atoms with Gasteiger partial charge in [-0.05, 0) is 43.2 Å². The van der Waals surface area contributed by atoms with Crippen LogP contribution in [-0.2, 0) is 0 Å². The molecular weight excluding hydrogens is 272 g/mol. The highest BCUT2D eigenvalue weighted by Crippen LogP contribution is 2.31. The molecule has 0 heterocycles. The van der Waals surface area contributed by atoms with E-state index in [1.165, 1.54) is 24.3 Å². The van der Waals surface area contributed by atoms with Gasteiger partial charge in [0.2, 0.25) is 0 Å². The van der Waals surface area contributed by atoms with Gasteiger partial charge in [-0.3, -0.25) is 10.1 Å². The first-order chi connectivity index (χ1) is 9.86. The first-order valence-corrected chi connectivity index (χ1v) is 6.41. The lowest BCUT2D eigenvalue weighted by Gasteiger charge is -2.16. The molecule has 0 radical (unpaired) electrons. The monoisotopic (exact) mass is 288 g/mol. The lowest BCUT2D eigenvalue weighted by molar-refractivity contribution is -0.384. The maximum atomic E-state index is 11.1. The summed E-state index contributed by atoms with van der Waals surface area (Å²) in [4.78, 5) is 10.6. The molecule has 2 aromatic rings. The molecule has 0 aliphatic heterocycles. The van der Waals surface area contributed by atoms with Crippen LogP contribution in [-0.4, -0.2) is 15.1 Å². The van der Waals surface area contributed by atoms with Gasteiger partial charge < -0.3 is 15.5 Å². The molecular formula is C15H16N2O4. The topological polar surface area (TPSA) is 95.6 Å². The Kier molecular flexibility index (Phi) is 3.98. The molecule has 1 atom stereocenters. The first-order valence-electron chi connectivity index (χ1n) is 6.41.